The molecule has 0 saturated carbocycles. The third-order valence-corrected chi connectivity index (χ3v) is 5.22. The normalized spacial score (nSPS) is 30.0. The summed E-state index contributed by atoms with van der Waals surface area (Å²) in [5, 5.41) is 0. The van der Waals surface area contributed by atoms with E-state index in [9.17, 15) is 13.6 Å². The molecule has 1 spiro atoms. The maximum Gasteiger partial charge on any atom is 0.226 e. The van der Waals surface area contributed by atoms with Crippen molar-refractivity contribution in [2.24, 2.45) is 0 Å². The minimum Gasteiger partial charge on any atom is -0.491 e. The van der Waals surface area contributed by atoms with Crippen LogP contribution >= 0.6 is 0 Å². The average molecular weight is 324 g/mol. The topological polar surface area (TPSA) is 42.0 Å². The molecule has 0 bridgehead atoms. The quantitative estimate of drug-likeness (QED) is 0.845. The summed E-state index contributed by atoms with van der Waals surface area (Å²) in [5.41, 5.74) is -0.179. The number of amides is 1. The van der Waals surface area contributed by atoms with Gasteiger partial charge in [-0.15, -0.1) is 0 Å². The third kappa shape index (κ3) is 1.99. The Labute approximate surface area is 132 Å². The van der Waals surface area contributed by atoms with Gasteiger partial charge in [0.15, 0.2) is 23.1 Å². The summed E-state index contributed by atoms with van der Waals surface area (Å²) in [6.45, 7) is 2.20. The Hall–Kier alpha value is -1.73. The predicted molar refractivity (Wildman–Crippen MR) is 76.7 cm³/mol. The fourth-order valence-corrected chi connectivity index (χ4v) is 4.17. The lowest BCUT2D eigenvalue weighted by atomic mass is 10.1. The molecule has 1 amide bonds. The Bertz CT molecular complexity index is 669. The number of hydrogen-bond acceptors (Lipinski definition) is 4. The Kier molecular flexibility index (Phi) is 3.32. The van der Waals surface area contributed by atoms with Gasteiger partial charge < -0.3 is 14.4 Å². The van der Waals surface area contributed by atoms with Gasteiger partial charge in [-0.05, 0) is 6.07 Å². The van der Waals surface area contributed by atoms with Crippen LogP contribution in [0.4, 0.5) is 8.78 Å². The van der Waals surface area contributed by atoms with Crippen molar-refractivity contribution >= 4 is 5.91 Å². The van der Waals surface area contributed by atoms with Crippen molar-refractivity contribution in [3.63, 3.8) is 0 Å². The molecule has 7 heteroatoms. The zero-order valence-electron chi connectivity index (χ0n) is 12.8. The zero-order chi connectivity index (χ0) is 16.2. The van der Waals surface area contributed by atoms with Gasteiger partial charge in [0, 0.05) is 38.0 Å². The molecule has 3 aliphatic rings. The second kappa shape index (κ2) is 5.14. The number of hydrogen-bond donors (Lipinski definition) is 0. The summed E-state index contributed by atoms with van der Waals surface area (Å²) in [6, 6.07) is 2.57. The van der Waals surface area contributed by atoms with Crippen LogP contribution in [0.1, 0.15) is 18.4 Å². The molecular weight excluding hydrogens is 306 g/mol. The Morgan fingerprint density at radius 3 is 3.00 bits per heavy atom. The van der Waals surface area contributed by atoms with Crippen molar-refractivity contribution in [2.45, 2.75) is 31.2 Å². The SMILES string of the molecule is COc1c(F)ccc(CN2CC[C@@]34OCCN3C(=O)C[C@@H]24)c1F. The second-order valence-electron chi connectivity index (χ2n) is 6.23. The number of rotatable bonds is 3. The monoisotopic (exact) mass is 324 g/mol. The number of nitrogens with zero attached hydrogens (tertiary/aromatic N) is 2. The van der Waals surface area contributed by atoms with Crippen LogP contribution in [0.25, 0.3) is 0 Å². The van der Waals surface area contributed by atoms with Crippen LogP contribution in [0.3, 0.4) is 0 Å². The standard InChI is InChI=1S/C16H18F2N2O3/c1-22-15-11(17)3-2-10(14(15)18)9-19-5-4-16-12(19)8-13(21)20(16)6-7-23-16/h2-3,12H,4-9H2,1H3/t12-,16+/m1/s1. The molecule has 0 radical (unpaired) electrons. The molecule has 124 valence electrons. The van der Waals surface area contributed by atoms with Gasteiger partial charge in [0.1, 0.15) is 0 Å². The van der Waals surface area contributed by atoms with Crippen LogP contribution < -0.4 is 4.74 Å². The lowest BCUT2D eigenvalue weighted by Gasteiger charge is -2.31. The number of carbonyl (C=O) groups excluding carboxylic acids is 1. The van der Waals surface area contributed by atoms with E-state index >= 15 is 0 Å². The van der Waals surface area contributed by atoms with E-state index in [0.717, 1.165) is 6.42 Å². The van der Waals surface area contributed by atoms with Crippen molar-refractivity contribution in [1.82, 2.24) is 9.80 Å². The van der Waals surface area contributed by atoms with Crippen molar-refractivity contribution in [3.8, 4) is 5.75 Å². The molecule has 3 aliphatic heterocycles. The molecule has 5 nitrogen and oxygen atoms in total. The highest BCUT2D eigenvalue weighted by Gasteiger charge is 2.61. The van der Waals surface area contributed by atoms with Gasteiger partial charge in [-0.3, -0.25) is 9.69 Å². The van der Waals surface area contributed by atoms with Gasteiger partial charge in [-0.1, -0.05) is 6.07 Å². The van der Waals surface area contributed by atoms with Crippen molar-refractivity contribution in [3.05, 3.63) is 29.3 Å². The first-order valence-electron chi connectivity index (χ1n) is 7.76. The highest BCUT2D eigenvalue weighted by Crippen LogP contribution is 2.46. The van der Waals surface area contributed by atoms with Crippen LogP contribution in [-0.2, 0) is 16.1 Å². The summed E-state index contributed by atoms with van der Waals surface area (Å²) in [5.74, 6) is -1.66. The van der Waals surface area contributed by atoms with E-state index in [-0.39, 0.29) is 17.7 Å². The third-order valence-electron chi connectivity index (χ3n) is 5.22. The molecule has 3 fully saturated rings. The van der Waals surface area contributed by atoms with E-state index in [2.05, 4.69) is 4.90 Å². The summed E-state index contributed by atoms with van der Waals surface area (Å²) >= 11 is 0. The van der Waals surface area contributed by atoms with Crippen molar-refractivity contribution < 1.29 is 23.0 Å². The lowest BCUT2D eigenvalue weighted by Crippen LogP contribution is -2.47. The molecular formula is C16H18F2N2O3. The number of halogens is 2. The summed E-state index contributed by atoms with van der Waals surface area (Å²) in [4.78, 5) is 16.0. The van der Waals surface area contributed by atoms with Crippen LogP contribution in [0.2, 0.25) is 0 Å². The Morgan fingerprint density at radius 2 is 2.22 bits per heavy atom. The van der Waals surface area contributed by atoms with E-state index < -0.39 is 17.4 Å². The molecule has 2 atom stereocenters. The van der Waals surface area contributed by atoms with E-state index in [4.69, 9.17) is 9.47 Å². The van der Waals surface area contributed by atoms with Crippen LogP contribution in [0, 0.1) is 11.6 Å². The van der Waals surface area contributed by atoms with E-state index in [1.165, 1.54) is 19.2 Å². The first-order chi connectivity index (χ1) is 11.1. The van der Waals surface area contributed by atoms with Crippen LogP contribution in [-0.4, -0.2) is 54.3 Å². The Balaban J connectivity index is 1.61. The van der Waals surface area contributed by atoms with Gasteiger partial charge in [0.05, 0.1) is 19.8 Å². The first kappa shape index (κ1) is 14.8. The van der Waals surface area contributed by atoms with E-state index in [1.807, 2.05) is 4.90 Å². The average Bonchev–Trinajstić information content (AvgIpc) is 3.16. The smallest absolute Gasteiger partial charge is 0.226 e. The van der Waals surface area contributed by atoms with Gasteiger partial charge in [0.2, 0.25) is 5.91 Å². The molecule has 0 unspecified atom stereocenters. The zero-order valence-corrected chi connectivity index (χ0v) is 12.8. The highest BCUT2D eigenvalue weighted by molar-refractivity contribution is 5.81. The van der Waals surface area contributed by atoms with Gasteiger partial charge >= 0.3 is 0 Å². The van der Waals surface area contributed by atoms with Gasteiger partial charge in [-0.2, -0.15) is 0 Å². The van der Waals surface area contributed by atoms with E-state index in [1.54, 1.807) is 0 Å². The van der Waals surface area contributed by atoms with Gasteiger partial charge in [-0.25, -0.2) is 8.78 Å². The van der Waals surface area contributed by atoms with Crippen molar-refractivity contribution in [2.75, 3.05) is 26.8 Å². The number of methoxy groups -OCH3 is 1. The van der Waals surface area contributed by atoms with Crippen LogP contribution in [0.15, 0.2) is 12.1 Å². The number of ether oxygens (including phenoxy) is 2. The molecule has 3 heterocycles. The molecule has 1 aromatic carbocycles. The summed E-state index contributed by atoms with van der Waals surface area (Å²) < 4.78 is 38.6. The molecule has 23 heavy (non-hydrogen) atoms. The fourth-order valence-electron chi connectivity index (χ4n) is 4.17. The predicted octanol–water partition coefficient (Wildman–Crippen LogP) is 1.51. The molecule has 0 aromatic heterocycles. The lowest BCUT2D eigenvalue weighted by molar-refractivity contribution is -0.136. The fraction of sp³-hybridized carbons (Fsp3) is 0.562. The second-order valence-corrected chi connectivity index (χ2v) is 6.23. The number of carbonyl (C=O) groups is 1. The summed E-state index contributed by atoms with van der Waals surface area (Å²) in [7, 11) is 1.25. The molecule has 1 aromatic rings. The molecule has 3 saturated heterocycles. The number of likely N-dealkylation sites (tertiary alicyclic amines) is 1. The maximum absolute atomic E-state index is 14.4. The first-order valence-corrected chi connectivity index (χ1v) is 7.76. The minimum atomic E-state index is -0.715. The maximum atomic E-state index is 14.4. The van der Waals surface area contributed by atoms with E-state index in [0.29, 0.717) is 38.2 Å². The van der Waals surface area contributed by atoms with Crippen LogP contribution in [0.5, 0.6) is 5.75 Å². The minimum absolute atomic E-state index is 0.0760. The molecule has 0 aliphatic carbocycles. The largest absolute Gasteiger partial charge is 0.491 e. The molecule has 4 rings (SSSR count). The Morgan fingerprint density at radius 1 is 1.39 bits per heavy atom. The summed E-state index contributed by atoms with van der Waals surface area (Å²) in [6.07, 6.45) is 1.11. The molecule has 0 N–H and O–H groups in total. The van der Waals surface area contributed by atoms with Gasteiger partial charge in [0.25, 0.3) is 0 Å². The number of benzene rings is 1. The highest BCUT2D eigenvalue weighted by atomic mass is 19.1. The van der Waals surface area contributed by atoms with Crippen molar-refractivity contribution in [1.29, 1.82) is 0 Å².